The van der Waals surface area contributed by atoms with Gasteiger partial charge in [0, 0.05) is 49.7 Å². The van der Waals surface area contributed by atoms with E-state index in [9.17, 15) is 4.79 Å². The fourth-order valence-electron chi connectivity index (χ4n) is 3.18. The van der Waals surface area contributed by atoms with Crippen molar-refractivity contribution in [3.8, 4) is 11.5 Å². The zero-order valence-corrected chi connectivity index (χ0v) is 18.0. The van der Waals surface area contributed by atoms with Crippen LogP contribution >= 0.6 is 11.6 Å². The fourth-order valence-corrected chi connectivity index (χ4v) is 3.31. The molecular formula is C23H26ClN5O2. The number of hydrogen-bond acceptors (Lipinski definition) is 5. The lowest BCUT2D eigenvalue weighted by atomic mass is 10.2. The second-order valence-corrected chi connectivity index (χ2v) is 7.52. The van der Waals surface area contributed by atoms with Crippen LogP contribution in [0.4, 0.5) is 4.79 Å². The van der Waals surface area contributed by atoms with Gasteiger partial charge < -0.3 is 20.8 Å². The summed E-state index contributed by atoms with van der Waals surface area (Å²) in [7, 11) is 0. The summed E-state index contributed by atoms with van der Waals surface area (Å²) in [4.78, 5) is 16.5. The molecular weight excluding hydrogens is 414 g/mol. The van der Waals surface area contributed by atoms with Crippen LogP contribution in [0, 0.1) is 0 Å². The SMILES string of the molecule is C=C(/C=C\C=N/N)NC(=O)N1CCN(Cc2cccc(Oc3ccc(Cl)cc3)c2)CC1. The topological polar surface area (TPSA) is 83.2 Å². The molecule has 3 rings (SSSR count). The lowest BCUT2D eigenvalue weighted by molar-refractivity contribution is 0.137. The Balaban J connectivity index is 1.48. The lowest BCUT2D eigenvalue weighted by Crippen LogP contribution is -2.51. The molecule has 2 aromatic carbocycles. The maximum absolute atomic E-state index is 12.4. The van der Waals surface area contributed by atoms with Gasteiger partial charge in [0.2, 0.25) is 0 Å². The molecule has 0 aliphatic carbocycles. The molecule has 0 bridgehead atoms. The van der Waals surface area contributed by atoms with E-state index in [1.54, 1.807) is 29.2 Å². The van der Waals surface area contributed by atoms with Crippen molar-refractivity contribution in [2.75, 3.05) is 26.2 Å². The summed E-state index contributed by atoms with van der Waals surface area (Å²) in [6.07, 6.45) is 4.68. The number of piperazine rings is 1. The van der Waals surface area contributed by atoms with Crippen molar-refractivity contribution in [2.45, 2.75) is 6.54 Å². The van der Waals surface area contributed by atoms with Crippen molar-refractivity contribution < 1.29 is 9.53 Å². The molecule has 31 heavy (non-hydrogen) atoms. The van der Waals surface area contributed by atoms with Crippen LogP contribution in [-0.2, 0) is 6.54 Å². The number of nitrogens with one attached hydrogen (secondary N) is 1. The fraction of sp³-hybridized carbons (Fsp3) is 0.217. The molecule has 0 aromatic heterocycles. The predicted octanol–water partition coefficient (Wildman–Crippen LogP) is 3.97. The first-order valence-electron chi connectivity index (χ1n) is 9.93. The largest absolute Gasteiger partial charge is 0.457 e. The predicted molar refractivity (Wildman–Crippen MR) is 124 cm³/mol. The van der Waals surface area contributed by atoms with Crippen LogP contribution < -0.4 is 15.9 Å². The summed E-state index contributed by atoms with van der Waals surface area (Å²) < 4.78 is 5.92. The van der Waals surface area contributed by atoms with E-state index in [2.05, 4.69) is 28.0 Å². The van der Waals surface area contributed by atoms with Crippen molar-refractivity contribution >= 4 is 23.8 Å². The minimum atomic E-state index is -0.155. The molecule has 2 aromatic rings. The zero-order valence-electron chi connectivity index (χ0n) is 17.2. The number of halogens is 1. The van der Waals surface area contributed by atoms with Crippen LogP contribution in [0.1, 0.15) is 5.56 Å². The molecule has 3 N–H and O–H groups in total. The van der Waals surface area contributed by atoms with Crippen molar-refractivity contribution in [3.05, 3.63) is 83.5 Å². The zero-order chi connectivity index (χ0) is 22.1. The third kappa shape index (κ3) is 7.16. The van der Waals surface area contributed by atoms with Crippen molar-refractivity contribution in [1.29, 1.82) is 0 Å². The summed E-state index contributed by atoms with van der Waals surface area (Å²) in [5.74, 6) is 6.55. The Hall–Kier alpha value is -3.29. The number of carbonyl (C=O) groups excluding carboxylic acids is 1. The molecule has 1 saturated heterocycles. The Kier molecular flexibility index (Phi) is 8.09. The number of allylic oxidation sites excluding steroid dienone is 2. The quantitative estimate of drug-likeness (QED) is 0.296. The van der Waals surface area contributed by atoms with E-state index in [4.69, 9.17) is 22.2 Å². The molecule has 1 aliphatic heterocycles. The summed E-state index contributed by atoms with van der Waals surface area (Å²) in [6.45, 7) is 7.46. The smallest absolute Gasteiger partial charge is 0.321 e. The number of amides is 2. The molecule has 0 radical (unpaired) electrons. The number of nitrogens with two attached hydrogens (primary N) is 1. The number of carbonyl (C=O) groups is 1. The van der Waals surface area contributed by atoms with E-state index < -0.39 is 0 Å². The third-order valence-electron chi connectivity index (χ3n) is 4.75. The average Bonchev–Trinajstić information content (AvgIpc) is 2.76. The van der Waals surface area contributed by atoms with Crippen molar-refractivity contribution in [1.82, 2.24) is 15.1 Å². The van der Waals surface area contributed by atoms with Gasteiger partial charge in [-0.05, 0) is 54.1 Å². The molecule has 162 valence electrons. The minimum Gasteiger partial charge on any atom is -0.457 e. The molecule has 1 fully saturated rings. The van der Waals surface area contributed by atoms with Gasteiger partial charge in [0.15, 0.2) is 0 Å². The van der Waals surface area contributed by atoms with Gasteiger partial charge >= 0.3 is 6.03 Å². The van der Waals surface area contributed by atoms with Crippen LogP contribution in [0.3, 0.4) is 0 Å². The molecule has 0 saturated carbocycles. The second kappa shape index (κ2) is 11.2. The van der Waals surface area contributed by atoms with Gasteiger partial charge in [-0.2, -0.15) is 5.10 Å². The second-order valence-electron chi connectivity index (χ2n) is 7.08. The van der Waals surface area contributed by atoms with E-state index >= 15 is 0 Å². The number of benzene rings is 2. The Labute approximate surface area is 187 Å². The van der Waals surface area contributed by atoms with Gasteiger partial charge in [-0.1, -0.05) is 30.3 Å². The van der Waals surface area contributed by atoms with Gasteiger partial charge in [-0.3, -0.25) is 4.90 Å². The minimum absolute atomic E-state index is 0.155. The number of urea groups is 1. The van der Waals surface area contributed by atoms with Gasteiger partial charge in [0.05, 0.1) is 0 Å². The molecule has 0 spiro atoms. The van der Waals surface area contributed by atoms with Gasteiger partial charge in [-0.25, -0.2) is 4.79 Å². The average molecular weight is 440 g/mol. The first kappa shape index (κ1) is 22.4. The van der Waals surface area contributed by atoms with Gasteiger partial charge in [0.25, 0.3) is 0 Å². The van der Waals surface area contributed by atoms with Crippen molar-refractivity contribution in [3.63, 3.8) is 0 Å². The summed E-state index contributed by atoms with van der Waals surface area (Å²) in [5, 5.41) is 6.80. The molecule has 0 unspecified atom stereocenters. The molecule has 2 amide bonds. The molecule has 1 heterocycles. The highest BCUT2D eigenvalue weighted by Crippen LogP contribution is 2.24. The van der Waals surface area contributed by atoms with E-state index in [0.29, 0.717) is 23.8 Å². The van der Waals surface area contributed by atoms with E-state index in [0.717, 1.165) is 36.7 Å². The molecule has 1 aliphatic rings. The summed E-state index contributed by atoms with van der Waals surface area (Å²) in [6, 6.07) is 15.2. The number of nitrogens with zero attached hydrogens (tertiary/aromatic N) is 3. The lowest BCUT2D eigenvalue weighted by Gasteiger charge is -2.34. The third-order valence-corrected chi connectivity index (χ3v) is 5.00. The highest BCUT2D eigenvalue weighted by molar-refractivity contribution is 6.30. The van der Waals surface area contributed by atoms with Crippen LogP contribution in [-0.4, -0.2) is 48.2 Å². The monoisotopic (exact) mass is 439 g/mol. The first-order chi connectivity index (χ1) is 15.0. The summed E-state index contributed by atoms with van der Waals surface area (Å²) in [5.41, 5.74) is 1.65. The number of rotatable bonds is 7. The Bertz CT molecular complexity index is 951. The highest BCUT2D eigenvalue weighted by Gasteiger charge is 2.21. The first-order valence-corrected chi connectivity index (χ1v) is 10.3. The Morgan fingerprint density at radius 3 is 2.61 bits per heavy atom. The van der Waals surface area contributed by atoms with Crippen molar-refractivity contribution in [2.24, 2.45) is 10.9 Å². The van der Waals surface area contributed by atoms with Gasteiger partial charge in [-0.15, -0.1) is 0 Å². The Morgan fingerprint density at radius 2 is 1.90 bits per heavy atom. The van der Waals surface area contributed by atoms with E-state index in [1.807, 2.05) is 30.3 Å². The normalized spacial score (nSPS) is 14.8. The van der Waals surface area contributed by atoms with Crippen LogP contribution in [0.2, 0.25) is 5.02 Å². The van der Waals surface area contributed by atoms with Gasteiger partial charge in [0.1, 0.15) is 11.5 Å². The number of hydrogen-bond donors (Lipinski definition) is 2. The van der Waals surface area contributed by atoms with Crippen LogP contribution in [0.25, 0.3) is 0 Å². The molecule has 0 atom stereocenters. The molecule has 8 heteroatoms. The number of hydrazone groups is 1. The van der Waals surface area contributed by atoms with E-state index in [-0.39, 0.29) is 6.03 Å². The maximum atomic E-state index is 12.4. The maximum Gasteiger partial charge on any atom is 0.321 e. The number of ether oxygens (including phenoxy) is 1. The molecule has 7 nitrogen and oxygen atoms in total. The van der Waals surface area contributed by atoms with Crippen LogP contribution in [0.5, 0.6) is 11.5 Å². The Morgan fingerprint density at radius 1 is 1.16 bits per heavy atom. The summed E-state index contributed by atoms with van der Waals surface area (Å²) >= 11 is 5.92. The van der Waals surface area contributed by atoms with Crippen LogP contribution in [0.15, 0.2) is 78.1 Å². The van der Waals surface area contributed by atoms with E-state index in [1.165, 1.54) is 6.21 Å². The standard InChI is InChI=1S/C23H26ClN5O2/c1-18(4-3-11-26-25)27-23(30)29-14-12-28(13-15-29)17-19-5-2-6-22(16-19)31-21-9-7-20(24)8-10-21/h2-11,16H,1,12-15,17,25H2,(H,27,30)/b4-3-,26-11-. The highest BCUT2D eigenvalue weighted by atomic mass is 35.5.